The molecule has 0 aromatic rings. The van der Waals surface area contributed by atoms with Crippen LogP contribution in [0.3, 0.4) is 0 Å². The van der Waals surface area contributed by atoms with Crippen molar-refractivity contribution in [2.75, 3.05) is 13.2 Å². The molecule has 6 heteroatoms. The van der Waals surface area contributed by atoms with Crippen LogP contribution in [0.25, 0.3) is 0 Å². The first-order valence-corrected chi connectivity index (χ1v) is 34.3. The molecule has 0 aliphatic carbocycles. The van der Waals surface area contributed by atoms with E-state index >= 15 is 0 Å². The zero-order valence-electron chi connectivity index (χ0n) is 51.6. The van der Waals surface area contributed by atoms with Crippen LogP contribution >= 0.6 is 0 Å². The number of carbonyl (C=O) groups excluding carboxylic acids is 3. The topological polar surface area (TPSA) is 78.9 Å². The summed E-state index contributed by atoms with van der Waals surface area (Å²) < 4.78 is 17.0. The maximum absolute atomic E-state index is 12.9. The highest BCUT2D eigenvalue weighted by Gasteiger charge is 2.19. The number of ether oxygens (including phenoxy) is 3. The standard InChI is InChI=1S/C70H132O6/c1-4-7-10-13-16-19-22-24-26-28-30-32-33-34-35-36-38-39-41-43-45-48-51-54-57-60-63-69(72)75-66-67(65-74-68(71)62-59-56-53-50-47-21-18-15-12-9-6-3)76-70(73)64-61-58-55-52-49-46-44-42-40-37-31-29-27-25-23-20-17-14-11-8-5-2/h23,25,29,31,67H,4-22,24,26-28,30,32-66H2,1-3H3/b25-23-,31-29-. The van der Waals surface area contributed by atoms with E-state index in [1.807, 2.05) is 0 Å². The molecule has 0 radical (unpaired) electrons. The molecule has 1 atom stereocenters. The molecular weight excluding hydrogens is 937 g/mol. The molecule has 0 N–H and O–H groups in total. The smallest absolute Gasteiger partial charge is 0.306 e. The van der Waals surface area contributed by atoms with Gasteiger partial charge in [-0.15, -0.1) is 0 Å². The largest absolute Gasteiger partial charge is 0.462 e. The van der Waals surface area contributed by atoms with Crippen LogP contribution in [-0.4, -0.2) is 37.2 Å². The van der Waals surface area contributed by atoms with E-state index in [0.717, 1.165) is 64.2 Å². The van der Waals surface area contributed by atoms with E-state index in [2.05, 4.69) is 45.1 Å². The minimum atomic E-state index is -0.770. The SMILES string of the molecule is CCCCCCC/C=C\C/C=C\CCCCCCCCCCCC(=O)OC(COC(=O)CCCCCCCCCCCCC)COC(=O)CCCCCCCCCCCCCCCCCCCCCCCCCCCC. The molecule has 0 aliphatic rings. The van der Waals surface area contributed by atoms with Crippen LogP contribution < -0.4 is 0 Å². The maximum atomic E-state index is 12.9. The summed E-state index contributed by atoms with van der Waals surface area (Å²) in [4.78, 5) is 38.3. The van der Waals surface area contributed by atoms with E-state index in [1.165, 1.54) is 283 Å². The summed E-state index contributed by atoms with van der Waals surface area (Å²) >= 11 is 0. The van der Waals surface area contributed by atoms with Crippen molar-refractivity contribution in [3.05, 3.63) is 24.3 Å². The summed E-state index contributed by atoms with van der Waals surface area (Å²) in [5.41, 5.74) is 0. The van der Waals surface area contributed by atoms with E-state index in [-0.39, 0.29) is 31.1 Å². The van der Waals surface area contributed by atoms with E-state index < -0.39 is 6.10 Å². The molecule has 0 saturated heterocycles. The van der Waals surface area contributed by atoms with Crippen molar-refractivity contribution in [3.8, 4) is 0 Å². The molecule has 0 fully saturated rings. The number of hydrogen-bond donors (Lipinski definition) is 0. The molecule has 0 bridgehead atoms. The van der Waals surface area contributed by atoms with Crippen LogP contribution in [0.4, 0.5) is 0 Å². The zero-order valence-corrected chi connectivity index (χ0v) is 51.6. The summed E-state index contributed by atoms with van der Waals surface area (Å²) in [6.45, 7) is 6.69. The summed E-state index contributed by atoms with van der Waals surface area (Å²) in [7, 11) is 0. The van der Waals surface area contributed by atoms with E-state index in [4.69, 9.17) is 14.2 Å². The Kier molecular flexibility index (Phi) is 63.6. The Balaban J connectivity index is 4.18. The van der Waals surface area contributed by atoms with Gasteiger partial charge in [0.1, 0.15) is 13.2 Å². The summed E-state index contributed by atoms with van der Waals surface area (Å²) in [5, 5.41) is 0. The Morgan fingerprint density at radius 1 is 0.263 bits per heavy atom. The minimum absolute atomic E-state index is 0.0668. The molecule has 76 heavy (non-hydrogen) atoms. The number of carbonyl (C=O) groups is 3. The van der Waals surface area contributed by atoms with Crippen molar-refractivity contribution in [2.45, 2.75) is 393 Å². The van der Waals surface area contributed by atoms with Gasteiger partial charge in [0.25, 0.3) is 0 Å². The number of unbranched alkanes of at least 4 members (excludes halogenated alkanes) is 49. The van der Waals surface area contributed by atoms with Crippen molar-refractivity contribution in [3.63, 3.8) is 0 Å². The van der Waals surface area contributed by atoms with E-state index in [9.17, 15) is 14.4 Å². The number of rotatable bonds is 64. The fourth-order valence-corrected chi connectivity index (χ4v) is 10.5. The minimum Gasteiger partial charge on any atom is -0.462 e. The molecule has 0 amide bonds. The number of esters is 3. The van der Waals surface area contributed by atoms with Gasteiger partial charge in [-0.2, -0.15) is 0 Å². The summed E-state index contributed by atoms with van der Waals surface area (Å²) in [6.07, 6.45) is 79.2. The Morgan fingerprint density at radius 2 is 0.474 bits per heavy atom. The summed E-state index contributed by atoms with van der Waals surface area (Å²) in [6, 6.07) is 0. The lowest BCUT2D eigenvalue weighted by atomic mass is 10.0. The van der Waals surface area contributed by atoms with Crippen molar-refractivity contribution in [2.24, 2.45) is 0 Å². The lowest BCUT2D eigenvalue weighted by Crippen LogP contribution is -2.30. The van der Waals surface area contributed by atoms with Crippen LogP contribution in [0.2, 0.25) is 0 Å². The Labute approximate surface area is 474 Å². The first-order valence-electron chi connectivity index (χ1n) is 34.3. The Bertz CT molecular complexity index is 1230. The first kappa shape index (κ1) is 73.9. The van der Waals surface area contributed by atoms with Crippen LogP contribution in [0, 0.1) is 0 Å². The molecule has 0 aliphatic heterocycles. The van der Waals surface area contributed by atoms with Gasteiger partial charge >= 0.3 is 17.9 Å². The van der Waals surface area contributed by atoms with Crippen LogP contribution in [0.5, 0.6) is 0 Å². The highest BCUT2D eigenvalue weighted by Crippen LogP contribution is 2.18. The zero-order chi connectivity index (χ0) is 55.0. The predicted molar refractivity (Wildman–Crippen MR) is 330 cm³/mol. The lowest BCUT2D eigenvalue weighted by molar-refractivity contribution is -0.167. The third-order valence-corrected chi connectivity index (χ3v) is 15.7. The summed E-state index contributed by atoms with van der Waals surface area (Å²) in [5.74, 6) is -0.843. The second kappa shape index (κ2) is 65.4. The fourth-order valence-electron chi connectivity index (χ4n) is 10.5. The van der Waals surface area contributed by atoms with Crippen molar-refractivity contribution in [1.29, 1.82) is 0 Å². The molecule has 6 nitrogen and oxygen atoms in total. The maximum Gasteiger partial charge on any atom is 0.306 e. The van der Waals surface area contributed by atoms with Crippen LogP contribution in [0.1, 0.15) is 387 Å². The van der Waals surface area contributed by atoms with Gasteiger partial charge in [-0.25, -0.2) is 0 Å². The molecule has 0 rings (SSSR count). The average molecular weight is 1070 g/mol. The average Bonchev–Trinajstić information content (AvgIpc) is 3.42. The number of allylic oxidation sites excluding steroid dienone is 4. The Morgan fingerprint density at radius 3 is 0.724 bits per heavy atom. The van der Waals surface area contributed by atoms with Gasteiger partial charge in [0.15, 0.2) is 6.10 Å². The number of hydrogen-bond acceptors (Lipinski definition) is 6. The van der Waals surface area contributed by atoms with Crippen LogP contribution in [-0.2, 0) is 28.6 Å². The van der Waals surface area contributed by atoms with Crippen molar-refractivity contribution >= 4 is 17.9 Å². The Hall–Kier alpha value is -2.11. The monoisotopic (exact) mass is 1070 g/mol. The van der Waals surface area contributed by atoms with Crippen LogP contribution in [0.15, 0.2) is 24.3 Å². The normalized spacial score (nSPS) is 12.1. The quantitative estimate of drug-likeness (QED) is 0.0261. The fraction of sp³-hybridized carbons (Fsp3) is 0.900. The highest BCUT2D eigenvalue weighted by molar-refractivity contribution is 5.71. The van der Waals surface area contributed by atoms with Crippen molar-refractivity contribution < 1.29 is 28.6 Å². The van der Waals surface area contributed by atoms with E-state index in [1.54, 1.807) is 0 Å². The van der Waals surface area contributed by atoms with Gasteiger partial charge in [0, 0.05) is 19.3 Å². The van der Waals surface area contributed by atoms with Gasteiger partial charge < -0.3 is 14.2 Å². The lowest BCUT2D eigenvalue weighted by Gasteiger charge is -2.18. The molecule has 0 saturated carbocycles. The predicted octanol–water partition coefficient (Wildman–Crippen LogP) is 23.4. The first-order chi connectivity index (χ1) is 37.5. The van der Waals surface area contributed by atoms with Crippen molar-refractivity contribution in [1.82, 2.24) is 0 Å². The molecule has 0 heterocycles. The third kappa shape index (κ3) is 62.7. The highest BCUT2D eigenvalue weighted by atomic mass is 16.6. The van der Waals surface area contributed by atoms with Gasteiger partial charge in [0.2, 0.25) is 0 Å². The molecule has 1 unspecified atom stereocenters. The van der Waals surface area contributed by atoms with Gasteiger partial charge in [-0.3, -0.25) is 14.4 Å². The molecule has 448 valence electrons. The molecule has 0 aromatic heterocycles. The molecular formula is C70H132O6. The third-order valence-electron chi connectivity index (χ3n) is 15.7. The van der Waals surface area contributed by atoms with E-state index in [0.29, 0.717) is 19.3 Å². The molecule has 0 spiro atoms. The molecule has 0 aromatic carbocycles. The van der Waals surface area contributed by atoms with Gasteiger partial charge in [0.05, 0.1) is 0 Å². The second-order valence-corrected chi connectivity index (χ2v) is 23.5. The van der Waals surface area contributed by atoms with Gasteiger partial charge in [-0.1, -0.05) is 340 Å². The second-order valence-electron chi connectivity index (χ2n) is 23.5. The van der Waals surface area contributed by atoms with Gasteiger partial charge in [-0.05, 0) is 51.4 Å².